The molecule has 0 spiro atoms. The molecule has 3 atom stereocenters. The van der Waals surface area contributed by atoms with Gasteiger partial charge in [-0.1, -0.05) is 12.0 Å². The number of nitrogens with zero attached hydrogens (tertiary/aromatic N) is 6. The van der Waals surface area contributed by atoms with Gasteiger partial charge in [-0.05, 0) is 61.7 Å². The number of pyridine rings is 1. The molecule has 11 heteroatoms. The van der Waals surface area contributed by atoms with E-state index in [-0.39, 0.29) is 52.0 Å². The van der Waals surface area contributed by atoms with Crippen molar-refractivity contribution in [2.24, 2.45) is 5.92 Å². The zero-order valence-corrected chi connectivity index (χ0v) is 24.6. The fourth-order valence-electron chi connectivity index (χ4n) is 7.47. The van der Waals surface area contributed by atoms with Crippen molar-refractivity contribution < 1.29 is 23.0 Å². The summed E-state index contributed by atoms with van der Waals surface area (Å²) < 4.78 is 52.1. The average Bonchev–Trinajstić information content (AvgIpc) is 3.56. The summed E-state index contributed by atoms with van der Waals surface area (Å²) in [6, 6.07) is 7.60. The van der Waals surface area contributed by atoms with E-state index in [4.69, 9.17) is 16.1 Å². The molecule has 45 heavy (non-hydrogen) atoms. The van der Waals surface area contributed by atoms with Crippen LogP contribution in [0.5, 0.6) is 11.8 Å². The van der Waals surface area contributed by atoms with Crippen molar-refractivity contribution in [2.75, 3.05) is 37.7 Å². The van der Waals surface area contributed by atoms with E-state index in [9.17, 15) is 19.1 Å². The summed E-state index contributed by atoms with van der Waals surface area (Å²) in [5.41, 5.74) is -0.644. The van der Waals surface area contributed by atoms with Crippen LogP contribution in [-0.4, -0.2) is 69.5 Å². The highest BCUT2D eigenvalue weighted by Gasteiger charge is 2.49. The molecule has 2 aromatic carbocycles. The highest BCUT2D eigenvalue weighted by Crippen LogP contribution is 2.42. The zero-order chi connectivity index (χ0) is 31.3. The third kappa shape index (κ3) is 5.05. The number of halogens is 3. The SMILES string of the molecule is C#Cc1c(F)ccc2cc(O)cc(-c3ncc4c(N5CCC[C@@H](CC#N)C5)nc(OC[C@@]56CCCN5C[C@H](F)C6)nc4c3F)c12. The molecular weight excluding hydrogens is 581 g/mol. The van der Waals surface area contributed by atoms with Gasteiger partial charge in [0.15, 0.2) is 5.82 Å². The van der Waals surface area contributed by atoms with E-state index >= 15 is 4.39 Å². The number of hydrogen-bond donors (Lipinski definition) is 1. The minimum absolute atomic E-state index is 0.0457. The van der Waals surface area contributed by atoms with Crippen LogP contribution in [0.4, 0.5) is 19.0 Å². The summed E-state index contributed by atoms with van der Waals surface area (Å²) in [5, 5.41) is 20.8. The van der Waals surface area contributed by atoms with Gasteiger partial charge in [-0.3, -0.25) is 9.88 Å². The number of piperidine rings is 1. The van der Waals surface area contributed by atoms with Gasteiger partial charge in [-0.25, -0.2) is 13.2 Å². The van der Waals surface area contributed by atoms with Gasteiger partial charge < -0.3 is 14.7 Å². The van der Waals surface area contributed by atoms with E-state index in [0.717, 1.165) is 32.2 Å². The molecule has 8 nitrogen and oxygen atoms in total. The van der Waals surface area contributed by atoms with Crippen LogP contribution < -0.4 is 9.64 Å². The number of rotatable bonds is 6. The Bertz CT molecular complexity index is 1910. The van der Waals surface area contributed by atoms with Crippen molar-refractivity contribution in [2.45, 2.75) is 50.2 Å². The van der Waals surface area contributed by atoms with Crippen LogP contribution in [0, 0.1) is 41.2 Å². The molecule has 3 fully saturated rings. The Morgan fingerprint density at radius 2 is 2.02 bits per heavy atom. The maximum absolute atomic E-state index is 16.7. The molecule has 0 aliphatic carbocycles. The predicted octanol–water partition coefficient (Wildman–Crippen LogP) is 5.90. The van der Waals surface area contributed by atoms with E-state index in [0.29, 0.717) is 49.1 Å². The standard InChI is InChI=1S/C34H31F3N6O2/c1-2-24-27(36)7-6-21-13-23(44)14-25(28(21)24)30-29(37)31-26(16-39-30)32(42-11-3-5-20(17-42)8-10-38)41-33(40-31)45-19-34-9-4-12-43(34)18-22(35)15-34/h1,6-7,13-14,16,20,22,44H,3-5,8-9,11-12,15,17-19H2/t20-,22+,34-/m0/s1. The van der Waals surface area contributed by atoms with Crippen LogP contribution in [0.1, 0.15) is 44.1 Å². The Hall–Kier alpha value is -4.61. The highest BCUT2D eigenvalue weighted by atomic mass is 19.1. The minimum Gasteiger partial charge on any atom is -0.508 e. The lowest BCUT2D eigenvalue weighted by Crippen LogP contribution is -2.43. The largest absolute Gasteiger partial charge is 0.508 e. The normalized spacial score (nSPS) is 23.3. The van der Waals surface area contributed by atoms with Crippen LogP contribution in [0.15, 0.2) is 30.5 Å². The second-order valence-corrected chi connectivity index (χ2v) is 12.4. The topological polar surface area (TPSA) is 98.4 Å². The monoisotopic (exact) mass is 612 g/mol. The van der Waals surface area contributed by atoms with E-state index in [1.165, 1.54) is 30.5 Å². The molecule has 230 valence electrons. The Morgan fingerprint density at radius 1 is 1.16 bits per heavy atom. The molecule has 0 unspecified atom stereocenters. The summed E-state index contributed by atoms with van der Waals surface area (Å²) >= 11 is 0. The van der Waals surface area contributed by atoms with Crippen LogP contribution in [0.2, 0.25) is 0 Å². The predicted molar refractivity (Wildman–Crippen MR) is 164 cm³/mol. The first kappa shape index (κ1) is 29.1. The van der Waals surface area contributed by atoms with Crippen molar-refractivity contribution in [1.82, 2.24) is 19.9 Å². The Morgan fingerprint density at radius 3 is 2.84 bits per heavy atom. The van der Waals surface area contributed by atoms with Crippen molar-refractivity contribution in [1.29, 1.82) is 5.26 Å². The number of phenols is 1. The third-order valence-corrected chi connectivity index (χ3v) is 9.52. The van der Waals surface area contributed by atoms with E-state index < -0.39 is 23.3 Å². The quantitative estimate of drug-likeness (QED) is 0.269. The average molecular weight is 613 g/mol. The highest BCUT2D eigenvalue weighted by molar-refractivity contribution is 6.03. The van der Waals surface area contributed by atoms with E-state index in [1.807, 2.05) is 4.90 Å². The van der Waals surface area contributed by atoms with Crippen LogP contribution in [0.25, 0.3) is 32.9 Å². The number of aromatic nitrogens is 3. The molecule has 4 aromatic rings. The van der Waals surface area contributed by atoms with Crippen LogP contribution in [0.3, 0.4) is 0 Å². The van der Waals surface area contributed by atoms with Gasteiger partial charge in [-0.15, -0.1) is 6.42 Å². The number of fused-ring (bicyclic) bond motifs is 3. The number of benzene rings is 2. The van der Waals surface area contributed by atoms with Gasteiger partial charge >= 0.3 is 6.01 Å². The fraction of sp³-hybridized carbons (Fsp3) is 0.412. The molecule has 0 amide bonds. The molecule has 3 saturated heterocycles. The number of terminal acetylenes is 1. The third-order valence-electron chi connectivity index (χ3n) is 9.52. The maximum atomic E-state index is 16.7. The van der Waals surface area contributed by atoms with Gasteiger partial charge in [0.1, 0.15) is 41.4 Å². The maximum Gasteiger partial charge on any atom is 0.319 e. The van der Waals surface area contributed by atoms with Gasteiger partial charge in [0.25, 0.3) is 0 Å². The molecule has 5 heterocycles. The lowest BCUT2D eigenvalue weighted by atomic mass is 9.95. The number of ether oxygens (including phenoxy) is 1. The molecule has 1 N–H and O–H groups in total. The number of anilines is 1. The van der Waals surface area contributed by atoms with Crippen molar-refractivity contribution in [3.63, 3.8) is 0 Å². The molecule has 3 aliphatic heterocycles. The summed E-state index contributed by atoms with van der Waals surface area (Å²) in [6.45, 7) is 2.51. The van der Waals surface area contributed by atoms with E-state index in [1.54, 1.807) is 0 Å². The number of aromatic hydroxyl groups is 1. The molecule has 0 radical (unpaired) electrons. The number of nitriles is 1. The molecule has 0 saturated carbocycles. The van der Waals surface area contributed by atoms with Gasteiger partial charge in [0, 0.05) is 49.6 Å². The number of hydrogen-bond acceptors (Lipinski definition) is 8. The van der Waals surface area contributed by atoms with Crippen molar-refractivity contribution >= 4 is 27.5 Å². The van der Waals surface area contributed by atoms with Gasteiger partial charge in [0.05, 0.1) is 22.6 Å². The molecule has 2 aromatic heterocycles. The second-order valence-electron chi connectivity index (χ2n) is 12.4. The summed E-state index contributed by atoms with van der Waals surface area (Å²) in [7, 11) is 0. The smallest absolute Gasteiger partial charge is 0.319 e. The fourth-order valence-corrected chi connectivity index (χ4v) is 7.47. The Labute approximate surface area is 258 Å². The van der Waals surface area contributed by atoms with Gasteiger partial charge in [-0.2, -0.15) is 15.2 Å². The molecule has 7 rings (SSSR count). The first-order chi connectivity index (χ1) is 21.8. The Kier molecular flexibility index (Phi) is 7.37. The van der Waals surface area contributed by atoms with Crippen LogP contribution in [-0.2, 0) is 0 Å². The molecular formula is C34H31F3N6O2. The van der Waals surface area contributed by atoms with Crippen LogP contribution >= 0.6 is 0 Å². The summed E-state index contributed by atoms with van der Waals surface area (Å²) in [4.78, 5) is 17.8. The van der Waals surface area contributed by atoms with Crippen molar-refractivity contribution in [3.05, 3.63) is 47.7 Å². The van der Waals surface area contributed by atoms with Gasteiger partial charge in [0.2, 0.25) is 0 Å². The molecule has 0 bridgehead atoms. The van der Waals surface area contributed by atoms with Crippen molar-refractivity contribution in [3.8, 4) is 41.4 Å². The minimum atomic E-state index is -0.937. The lowest BCUT2D eigenvalue weighted by molar-refractivity contribution is 0.107. The summed E-state index contributed by atoms with van der Waals surface area (Å²) in [6.07, 6.45) is 10.4. The number of phenolic OH excluding ortho intramolecular Hbond substituents is 1. The zero-order valence-electron chi connectivity index (χ0n) is 24.6. The number of alkyl halides is 1. The first-order valence-corrected chi connectivity index (χ1v) is 15.2. The lowest BCUT2D eigenvalue weighted by Gasteiger charge is -2.34. The van der Waals surface area contributed by atoms with E-state index in [2.05, 4.69) is 26.9 Å². The summed E-state index contributed by atoms with van der Waals surface area (Å²) in [5.74, 6) is 1.28. The Balaban J connectivity index is 1.37. The first-order valence-electron chi connectivity index (χ1n) is 15.2. The second kappa shape index (κ2) is 11.4. The molecule has 3 aliphatic rings.